The SMILES string of the molecule is CSc1ncc(Br)c(N2CCC(C(=O)N(C)C)CC2)n1. The van der Waals surface area contributed by atoms with Crippen LogP contribution in [0.15, 0.2) is 15.8 Å². The first kappa shape index (κ1) is 15.6. The molecule has 0 saturated carbocycles. The largest absolute Gasteiger partial charge is 0.355 e. The summed E-state index contributed by atoms with van der Waals surface area (Å²) in [6, 6.07) is 0. The highest BCUT2D eigenvalue weighted by Crippen LogP contribution is 2.29. The van der Waals surface area contributed by atoms with E-state index in [1.54, 1.807) is 11.1 Å². The van der Waals surface area contributed by atoms with Gasteiger partial charge in [0.15, 0.2) is 5.16 Å². The third-order valence-corrected chi connectivity index (χ3v) is 4.59. The van der Waals surface area contributed by atoms with E-state index in [4.69, 9.17) is 0 Å². The summed E-state index contributed by atoms with van der Waals surface area (Å²) < 4.78 is 0.910. The van der Waals surface area contributed by atoms with Gasteiger partial charge in [0.25, 0.3) is 0 Å². The lowest BCUT2D eigenvalue weighted by Gasteiger charge is -2.33. The molecule has 5 nitrogen and oxygen atoms in total. The molecule has 0 aromatic carbocycles. The summed E-state index contributed by atoms with van der Waals surface area (Å²) in [5.41, 5.74) is 0. The number of hydrogen-bond acceptors (Lipinski definition) is 5. The molecular weight excluding hydrogens is 340 g/mol. The molecule has 1 aromatic rings. The maximum Gasteiger partial charge on any atom is 0.225 e. The van der Waals surface area contributed by atoms with Crippen molar-refractivity contribution < 1.29 is 4.79 Å². The van der Waals surface area contributed by atoms with Gasteiger partial charge in [-0.15, -0.1) is 0 Å². The second-order valence-electron chi connectivity index (χ2n) is 5.02. The maximum atomic E-state index is 12.0. The minimum absolute atomic E-state index is 0.141. The van der Waals surface area contributed by atoms with Crippen LogP contribution in [0, 0.1) is 5.92 Å². The molecule has 1 fully saturated rings. The Kier molecular flexibility index (Phi) is 5.26. The lowest BCUT2D eigenvalue weighted by atomic mass is 9.95. The highest BCUT2D eigenvalue weighted by molar-refractivity contribution is 9.10. The van der Waals surface area contributed by atoms with Gasteiger partial charge >= 0.3 is 0 Å². The Hall–Kier alpha value is -0.820. The molecule has 0 spiro atoms. The Morgan fingerprint density at radius 3 is 2.65 bits per heavy atom. The number of hydrogen-bond donors (Lipinski definition) is 0. The van der Waals surface area contributed by atoms with Gasteiger partial charge < -0.3 is 9.80 Å². The van der Waals surface area contributed by atoms with Crippen LogP contribution in [0.25, 0.3) is 0 Å². The van der Waals surface area contributed by atoms with Crippen molar-refractivity contribution in [3.63, 3.8) is 0 Å². The highest BCUT2D eigenvalue weighted by atomic mass is 79.9. The van der Waals surface area contributed by atoms with Gasteiger partial charge in [0.05, 0.1) is 4.47 Å². The van der Waals surface area contributed by atoms with Gasteiger partial charge in [-0.1, -0.05) is 11.8 Å². The number of carbonyl (C=O) groups is 1. The van der Waals surface area contributed by atoms with Crippen molar-refractivity contribution in [2.24, 2.45) is 5.92 Å². The number of aromatic nitrogens is 2. The van der Waals surface area contributed by atoms with E-state index in [9.17, 15) is 4.79 Å². The zero-order valence-electron chi connectivity index (χ0n) is 12.0. The average molecular weight is 359 g/mol. The van der Waals surface area contributed by atoms with Crippen LogP contribution < -0.4 is 4.90 Å². The summed E-state index contributed by atoms with van der Waals surface area (Å²) in [5.74, 6) is 1.30. The second kappa shape index (κ2) is 6.76. The summed E-state index contributed by atoms with van der Waals surface area (Å²) in [5, 5.41) is 0.773. The predicted molar refractivity (Wildman–Crippen MR) is 85.1 cm³/mol. The number of piperidine rings is 1. The number of nitrogens with zero attached hydrogens (tertiary/aromatic N) is 4. The Morgan fingerprint density at radius 2 is 2.10 bits per heavy atom. The number of carbonyl (C=O) groups excluding carboxylic acids is 1. The standard InChI is InChI=1S/C13H19BrN4OS/c1-17(2)12(19)9-4-6-18(7-5-9)11-10(14)8-15-13(16-11)20-3/h8-9H,4-7H2,1-3H3. The predicted octanol–water partition coefficient (Wildman–Crippen LogP) is 2.27. The van der Waals surface area contributed by atoms with E-state index in [2.05, 4.69) is 30.8 Å². The van der Waals surface area contributed by atoms with E-state index >= 15 is 0 Å². The molecule has 0 aliphatic carbocycles. The first-order valence-electron chi connectivity index (χ1n) is 6.55. The summed E-state index contributed by atoms with van der Waals surface area (Å²) in [4.78, 5) is 24.7. The molecule has 0 radical (unpaired) electrons. The van der Waals surface area contributed by atoms with Crippen LogP contribution in [0.5, 0.6) is 0 Å². The molecular formula is C13H19BrN4OS. The van der Waals surface area contributed by atoms with Crippen molar-refractivity contribution in [1.82, 2.24) is 14.9 Å². The lowest BCUT2D eigenvalue weighted by molar-refractivity contribution is -0.133. The molecule has 1 amide bonds. The minimum Gasteiger partial charge on any atom is -0.355 e. The normalized spacial score (nSPS) is 16.3. The van der Waals surface area contributed by atoms with Gasteiger partial charge in [-0.3, -0.25) is 4.79 Å². The smallest absolute Gasteiger partial charge is 0.225 e. The van der Waals surface area contributed by atoms with E-state index in [0.29, 0.717) is 0 Å². The van der Waals surface area contributed by atoms with Crippen LogP contribution in [0.3, 0.4) is 0 Å². The molecule has 1 aromatic heterocycles. The molecule has 0 N–H and O–H groups in total. The monoisotopic (exact) mass is 358 g/mol. The van der Waals surface area contributed by atoms with Gasteiger partial charge in [-0.25, -0.2) is 9.97 Å². The van der Waals surface area contributed by atoms with Crippen LogP contribution in [0.4, 0.5) is 5.82 Å². The molecule has 1 aliphatic rings. The zero-order valence-corrected chi connectivity index (χ0v) is 14.4. The highest BCUT2D eigenvalue weighted by Gasteiger charge is 2.27. The molecule has 2 rings (SSSR count). The summed E-state index contributed by atoms with van der Waals surface area (Å²) >= 11 is 5.05. The number of rotatable bonds is 3. The first-order chi connectivity index (χ1) is 9.52. The van der Waals surface area contributed by atoms with Crippen molar-refractivity contribution in [2.45, 2.75) is 18.0 Å². The van der Waals surface area contributed by atoms with E-state index in [-0.39, 0.29) is 11.8 Å². The van der Waals surface area contributed by atoms with Gasteiger partial charge in [0, 0.05) is 39.3 Å². The van der Waals surface area contributed by atoms with Crippen molar-refractivity contribution in [3.05, 3.63) is 10.7 Å². The molecule has 110 valence electrons. The second-order valence-corrected chi connectivity index (χ2v) is 6.65. The molecule has 0 bridgehead atoms. The number of amides is 1. The van der Waals surface area contributed by atoms with Crippen LogP contribution in [0.2, 0.25) is 0 Å². The van der Waals surface area contributed by atoms with E-state index < -0.39 is 0 Å². The molecule has 0 atom stereocenters. The third kappa shape index (κ3) is 3.44. The van der Waals surface area contributed by atoms with Crippen molar-refractivity contribution in [2.75, 3.05) is 38.3 Å². The van der Waals surface area contributed by atoms with Gasteiger partial charge in [0.2, 0.25) is 5.91 Å². The third-order valence-electron chi connectivity index (χ3n) is 3.47. The summed E-state index contributed by atoms with van der Waals surface area (Å²) in [7, 11) is 3.64. The molecule has 20 heavy (non-hydrogen) atoms. The Balaban J connectivity index is 2.05. The van der Waals surface area contributed by atoms with Crippen LogP contribution >= 0.6 is 27.7 Å². The Bertz CT molecular complexity index is 489. The first-order valence-corrected chi connectivity index (χ1v) is 8.57. The van der Waals surface area contributed by atoms with E-state index in [0.717, 1.165) is 41.4 Å². The van der Waals surface area contributed by atoms with Gasteiger partial charge in [0.1, 0.15) is 5.82 Å². The zero-order chi connectivity index (χ0) is 14.7. The van der Waals surface area contributed by atoms with Crippen LogP contribution in [-0.2, 0) is 4.79 Å². The molecule has 1 saturated heterocycles. The van der Waals surface area contributed by atoms with Crippen molar-refractivity contribution in [3.8, 4) is 0 Å². The molecule has 2 heterocycles. The summed E-state index contributed by atoms with van der Waals surface area (Å²) in [6.45, 7) is 1.71. The quantitative estimate of drug-likeness (QED) is 0.612. The number of halogens is 1. The Labute approximate surface area is 132 Å². The molecule has 1 aliphatic heterocycles. The van der Waals surface area contributed by atoms with E-state index in [1.165, 1.54) is 11.8 Å². The fourth-order valence-electron chi connectivity index (χ4n) is 2.37. The Morgan fingerprint density at radius 1 is 1.45 bits per heavy atom. The van der Waals surface area contributed by atoms with Crippen LogP contribution in [-0.4, -0.2) is 54.2 Å². The van der Waals surface area contributed by atoms with Crippen molar-refractivity contribution >= 4 is 39.4 Å². The minimum atomic E-state index is 0.141. The molecule has 7 heteroatoms. The van der Waals surface area contributed by atoms with E-state index in [1.807, 2.05) is 20.4 Å². The van der Waals surface area contributed by atoms with Gasteiger partial charge in [-0.2, -0.15) is 0 Å². The lowest BCUT2D eigenvalue weighted by Crippen LogP contribution is -2.40. The van der Waals surface area contributed by atoms with Gasteiger partial charge in [-0.05, 0) is 35.0 Å². The summed E-state index contributed by atoms with van der Waals surface area (Å²) in [6.07, 6.45) is 5.52. The van der Waals surface area contributed by atoms with Crippen molar-refractivity contribution in [1.29, 1.82) is 0 Å². The topological polar surface area (TPSA) is 49.3 Å². The number of thioether (sulfide) groups is 1. The fourth-order valence-corrected chi connectivity index (χ4v) is 3.14. The molecule has 0 unspecified atom stereocenters. The average Bonchev–Trinajstić information content (AvgIpc) is 2.47. The fraction of sp³-hybridized carbons (Fsp3) is 0.615. The number of anilines is 1. The van der Waals surface area contributed by atoms with Crippen LogP contribution in [0.1, 0.15) is 12.8 Å². The maximum absolute atomic E-state index is 12.0.